The summed E-state index contributed by atoms with van der Waals surface area (Å²) in [5.41, 5.74) is 1.56. The van der Waals surface area contributed by atoms with E-state index < -0.39 is 0 Å². The maximum Gasteiger partial charge on any atom is 0.0809 e. The van der Waals surface area contributed by atoms with Crippen molar-refractivity contribution >= 4 is 0 Å². The molecule has 0 bridgehead atoms. The summed E-state index contributed by atoms with van der Waals surface area (Å²) < 4.78 is 6.44. The number of hydrogen-bond donors (Lipinski definition) is 3. The highest BCUT2D eigenvalue weighted by Gasteiger charge is 2.84. The van der Waals surface area contributed by atoms with E-state index in [1.54, 1.807) is 0 Å². The second-order valence-corrected chi connectivity index (χ2v) is 12.9. The first kappa shape index (κ1) is 31.2. The summed E-state index contributed by atoms with van der Waals surface area (Å²) in [6, 6.07) is 0. The lowest BCUT2D eigenvalue weighted by molar-refractivity contribution is -0.136. The van der Waals surface area contributed by atoms with E-state index in [1.807, 2.05) is 0 Å². The third-order valence-corrected chi connectivity index (χ3v) is 12.5. The number of ether oxygens (including phenoxy) is 1. The lowest BCUT2D eigenvalue weighted by Gasteiger charge is -2.59. The molecular weight excluding hydrogens is 448 g/mol. The molecule has 206 valence electrons. The number of aliphatic hydroxyl groups excluding tert-OH is 3. The number of hydrogen-bond acceptors (Lipinski definition) is 4. The van der Waals surface area contributed by atoms with E-state index in [1.165, 1.54) is 44.9 Å². The summed E-state index contributed by atoms with van der Waals surface area (Å²) in [6.45, 7) is 10.1. The monoisotopic (exact) mass is 502 g/mol. The van der Waals surface area contributed by atoms with Gasteiger partial charge in [-0.1, -0.05) is 35.1 Å². The fourth-order valence-corrected chi connectivity index (χ4v) is 11.2. The molecule has 5 aliphatic carbocycles. The van der Waals surface area contributed by atoms with Crippen LogP contribution in [0.3, 0.4) is 0 Å². The predicted octanol–water partition coefficient (Wildman–Crippen LogP) is 5.54. The van der Waals surface area contributed by atoms with Gasteiger partial charge in [0, 0.05) is 7.11 Å². The molecule has 6 rings (SSSR count). The Labute approximate surface area is 222 Å². The molecule has 2 spiro atoms. The van der Waals surface area contributed by atoms with E-state index in [4.69, 9.17) is 9.84 Å². The summed E-state index contributed by atoms with van der Waals surface area (Å²) in [7, 11) is 1.00. The molecule has 36 heavy (non-hydrogen) atoms. The summed E-state index contributed by atoms with van der Waals surface area (Å²) >= 11 is 0. The Balaban J connectivity index is 0.000000610. The normalized spacial score (nSPS) is 50.4. The minimum absolute atomic E-state index is 0. The molecule has 5 saturated carbocycles. The highest BCUT2D eigenvalue weighted by Crippen LogP contribution is 2.89. The first-order valence-electron chi connectivity index (χ1n) is 13.8. The zero-order valence-electron chi connectivity index (χ0n) is 22.7. The van der Waals surface area contributed by atoms with Gasteiger partial charge in [0.2, 0.25) is 0 Å². The molecule has 4 nitrogen and oxygen atoms in total. The Morgan fingerprint density at radius 1 is 0.806 bits per heavy atom. The summed E-state index contributed by atoms with van der Waals surface area (Å²) in [5, 5.41) is 27.5. The van der Waals surface area contributed by atoms with Crippen molar-refractivity contribution in [3.63, 3.8) is 0 Å². The van der Waals surface area contributed by atoms with Gasteiger partial charge >= 0.3 is 0 Å². The Morgan fingerprint density at radius 3 is 2.03 bits per heavy atom. The summed E-state index contributed by atoms with van der Waals surface area (Å²) in [4.78, 5) is 0. The van der Waals surface area contributed by atoms with Gasteiger partial charge in [-0.05, 0) is 109 Å². The van der Waals surface area contributed by atoms with Crippen LogP contribution in [0.5, 0.6) is 0 Å². The fraction of sp³-hybridized carbons (Fsp3) is 0.875. The first-order chi connectivity index (χ1) is 16.7. The van der Waals surface area contributed by atoms with Crippen LogP contribution in [0, 0.1) is 76.9 Å². The molecule has 1 saturated heterocycles. The number of rotatable bonds is 1. The molecule has 0 aromatic heterocycles. The van der Waals surface area contributed by atoms with E-state index in [9.17, 15) is 10.2 Å². The van der Waals surface area contributed by atoms with Gasteiger partial charge in [-0.15, -0.1) is 25.7 Å². The van der Waals surface area contributed by atoms with Crippen LogP contribution < -0.4 is 0 Å². The Bertz CT molecular complexity index is 782. The van der Waals surface area contributed by atoms with Crippen molar-refractivity contribution in [2.45, 2.75) is 111 Å². The molecule has 0 aromatic carbocycles. The van der Waals surface area contributed by atoms with Crippen molar-refractivity contribution in [3.05, 3.63) is 0 Å². The van der Waals surface area contributed by atoms with Crippen molar-refractivity contribution in [1.29, 1.82) is 0 Å². The molecule has 1 aliphatic heterocycles. The third-order valence-electron chi connectivity index (χ3n) is 12.5. The van der Waals surface area contributed by atoms with E-state index in [-0.39, 0.29) is 31.7 Å². The standard InChI is InChI=1S/C26H42O3.2C2H2.CH4O.CH4/c1-15-25-12-11-24(4)18-6-5-16(14-27)29-20(18)13-19(24)17(25)7-8-21-23(2,3)22(28)9-10-26(15,21)25;3*1-2;/h15-22,27-28H,5-14H2,1-4H3;2*1-2H;2H,1H3;1H4/t15-,16+,17-,18?,19?,20?,21?,22-,24+,25-,26?;;;;/m0..../s1. The Morgan fingerprint density at radius 2 is 1.42 bits per heavy atom. The van der Waals surface area contributed by atoms with E-state index in [0.29, 0.717) is 34.2 Å². The molecule has 1 heterocycles. The number of aliphatic hydroxyl groups is 3. The fourth-order valence-electron chi connectivity index (χ4n) is 11.2. The Kier molecular flexibility index (Phi) is 9.51. The maximum atomic E-state index is 10.8. The minimum atomic E-state index is -0.119. The molecular formula is C32H54O4. The lowest BCUT2D eigenvalue weighted by atomic mass is 9.46. The van der Waals surface area contributed by atoms with E-state index in [2.05, 4.69) is 53.4 Å². The zero-order valence-corrected chi connectivity index (χ0v) is 22.7. The van der Waals surface area contributed by atoms with Crippen molar-refractivity contribution in [2.75, 3.05) is 13.7 Å². The van der Waals surface area contributed by atoms with Gasteiger partial charge in [0.05, 0.1) is 24.9 Å². The highest BCUT2D eigenvalue weighted by molar-refractivity contribution is 5.32. The number of fused-ring (bicyclic) bond motifs is 4. The minimum Gasteiger partial charge on any atom is -0.400 e. The SMILES string of the molecule is C.C#C.C#C.CO.C[C@@H]1C23CC[C@H](O)C(C)(C)C2CC[C@H]2C4CC5O[C@@H](CO)CCC5[C@@]4(C)CC[C@]123. The Hall–Kier alpha value is -1.04. The van der Waals surface area contributed by atoms with Gasteiger partial charge in [-0.3, -0.25) is 0 Å². The van der Waals surface area contributed by atoms with Gasteiger partial charge in [-0.25, -0.2) is 0 Å². The molecule has 0 aromatic rings. The molecule has 11 atom stereocenters. The molecule has 0 radical (unpaired) electrons. The molecule has 6 fully saturated rings. The zero-order chi connectivity index (χ0) is 26.4. The van der Waals surface area contributed by atoms with Crippen LogP contribution in [-0.2, 0) is 4.74 Å². The van der Waals surface area contributed by atoms with Crippen LogP contribution in [0.1, 0.15) is 92.9 Å². The average molecular weight is 503 g/mol. The molecule has 5 unspecified atom stereocenters. The van der Waals surface area contributed by atoms with Crippen LogP contribution in [0.4, 0.5) is 0 Å². The van der Waals surface area contributed by atoms with Gasteiger partial charge < -0.3 is 20.1 Å². The maximum absolute atomic E-state index is 10.8. The van der Waals surface area contributed by atoms with Gasteiger partial charge in [0.1, 0.15) is 0 Å². The van der Waals surface area contributed by atoms with Gasteiger partial charge in [-0.2, -0.15) is 0 Å². The van der Waals surface area contributed by atoms with Crippen molar-refractivity contribution in [2.24, 2.45) is 51.2 Å². The molecule has 3 N–H and O–H groups in total. The lowest BCUT2D eigenvalue weighted by Crippen LogP contribution is -2.54. The second-order valence-electron chi connectivity index (χ2n) is 12.9. The van der Waals surface area contributed by atoms with Crippen LogP contribution in [0.15, 0.2) is 0 Å². The van der Waals surface area contributed by atoms with Crippen molar-refractivity contribution in [1.82, 2.24) is 0 Å². The summed E-state index contributed by atoms with van der Waals surface area (Å²) in [6.07, 6.45) is 27.7. The van der Waals surface area contributed by atoms with Gasteiger partial charge in [0.25, 0.3) is 0 Å². The molecule has 6 aliphatic rings. The van der Waals surface area contributed by atoms with Crippen LogP contribution in [0.2, 0.25) is 0 Å². The van der Waals surface area contributed by atoms with Crippen LogP contribution in [0.25, 0.3) is 0 Å². The average Bonchev–Trinajstić information content (AvgIpc) is 3.27. The van der Waals surface area contributed by atoms with E-state index >= 15 is 0 Å². The molecule has 0 amide bonds. The highest BCUT2D eigenvalue weighted by atomic mass is 16.5. The number of terminal acetylenes is 2. The van der Waals surface area contributed by atoms with Crippen LogP contribution in [-0.4, -0.2) is 47.3 Å². The van der Waals surface area contributed by atoms with E-state index in [0.717, 1.165) is 37.7 Å². The first-order valence-corrected chi connectivity index (χ1v) is 13.8. The summed E-state index contributed by atoms with van der Waals surface area (Å²) in [5.74, 6) is 3.91. The smallest absolute Gasteiger partial charge is 0.0809 e. The predicted molar refractivity (Wildman–Crippen MR) is 148 cm³/mol. The molecule has 4 heteroatoms. The second kappa shape index (κ2) is 11.0. The van der Waals surface area contributed by atoms with Gasteiger partial charge in [0.15, 0.2) is 0 Å². The van der Waals surface area contributed by atoms with Crippen LogP contribution >= 0.6 is 0 Å². The quantitative estimate of drug-likeness (QED) is 0.412. The third kappa shape index (κ3) is 3.73. The van der Waals surface area contributed by atoms with Crippen molar-refractivity contribution in [3.8, 4) is 25.7 Å². The largest absolute Gasteiger partial charge is 0.400 e. The van der Waals surface area contributed by atoms with Crippen molar-refractivity contribution < 1.29 is 20.1 Å². The topological polar surface area (TPSA) is 69.9 Å².